The zero-order chi connectivity index (χ0) is 11.0. The van der Waals surface area contributed by atoms with Crippen molar-refractivity contribution in [3.63, 3.8) is 0 Å². The van der Waals surface area contributed by atoms with Gasteiger partial charge in [0.25, 0.3) is 0 Å². The first-order valence-electron chi connectivity index (χ1n) is 6.86. The average molecular weight is 224 g/mol. The van der Waals surface area contributed by atoms with Crippen LogP contribution < -0.4 is 5.32 Å². The zero-order valence-electron chi connectivity index (χ0n) is 10.4. The van der Waals surface area contributed by atoms with Crippen LogP contribution in [0.2, 0.25) is 0 Å². The second-order valence-corrected chi connectivity index (χ2v) is 5.88. The number of hydrogen-bond acceptors (Lipinski definition) is 3. The van der Waals surface area contributed by atoms with E-state index in [1.807, 2.05) is 0 Å². The van der Waals surface area contributed by atoms with Crippen LogP contribution in [0.15, 0.2) is 0 Å². The highest BCUT2D eigenvalue weighted by atomic mass is 16.5. The molecule has 1 saturated carbocycles. The van der Waals surface area contributed by atoms with E-state index in [0.29, 0.717) is 6.04 Å². The van der Waals surface area contributed by atoms with Crippen molar-refractivity contribution in [1.29, 1.82) is 0 Å². The van der Waals surface area contributed by atoms with E-state index in [2.05, 4.69) is 17.3 Å². The Morgan fingerprint density at radius 1 is 1.31 bits per heavy atom. The molecular formula is C13H24N2O. The Bertz CT molecular complexity index is 248. The minimum atomic E-state index is 0.141. The Hall–Kier alpha value is -0.120. The molecule has 0 amide bonds. The molecule has 1 aliphatic carbocycles. The third-order valence-corrected chi connectivity index (χ3v) is 4.75. The summed E-state index contributed by atoms with van der Waals surface area (Å²) < 4.78 is 6.22. The molecule has 92 valence electrons. The van der Waals surface area contributed by atoms with Gasteiger partial charge in [0.05, 0.1) is 12.2 Å². The number of nitrogens with zero attached hydrogens (tertiary/aromatic N) is 1. The molecule has 3 nitrogen and oxygen atoms in total. The van der Waals surface area contributed by atoms with E-state index in [1.165, 1.54) is 38.6 Å². The number of rotatable bonds is 1. The van der Waals surface area contributed by atoms with Crippen molar-refractivity contribution in [2.75, 3.05) is 33.3 Å². The van der Waals surface area contributed by atoms with Gasteiger partial charge in [-0.15, -0.1) is 0 Å². The van der Waals surface area contributed by atoms with Crippen molar-refractivity contribution in [2.45, 2.75) is 43.7 Å². The molecule has 2 aliphatic heterocycles. The number of hydrogen-bond donors (Lipinski definition) is 1. The monoisotopic (exact) mass is 224 g/mol. The van der Waals surface area contributed by atoms with Crippen molar-refractivity contribution >= 4 is 0 Å². The molecule has 0 aromatic heterocycles. The van der Waals surface area contributed by atoms with Gasteiger partial charge < -0.3 is 15.0 Å². The normalized spacial score (nSPS) is 42.2. The van der Waals surface area contributed by atoms with Gasteiger partial charge in [0.15, 0.2) is 0 Å². The molecule has 0 aromatic rings. The van der Waals surface area contributed by atoms with Gasteiger partial charge in [-0.3, -0.25) is 0 Å². The van der Waals surface area contributed by atoms with Gasteiger partial charge in [-0.05, 0) is 32.2 Å². The van der Waals surface area contributed by atoms with E-state index in [-0.39, 0.29) is 5.60 Å². The highest BCUT2D eigenvalue weighted by Crippen LogP contribution is 2.39. The predicted octanol–water partition coefficient (Wildman–Crippen LogP) is 1.24. The fraction of sp³-hybridized carbons (Fsp3) is 1.00. The van der Waals surface area contributed by atoms with E-state index in [0.717, 1.165) is 25.6 Å². The molecule has 3 aliphatic rings. The second-order valence-electron chi connectivity index (χ2n) is 5.88. The second kappa shape index (κ2) is 4.28. The summed E-state index contributed by atoms with van der Waals surface area (Å²) >= 11 is 0. The quantitative estimate of drug-likeness (QED) is 0.725. The molecule has 1 spiro atoms. The van der Waals surface area contributed by atoms with E-state index in [9.17, 15) is 0 Å². The van der Waals surface area contributed by atoms with Gasteiger partial charge in [-0.25, -0.2) is 0 Å². The first-order chi connectivity index (χ1) is 7.80. The molecule has 0 radical (unpaired) electrons. The van der Waals surface area contributed by atoms with Gasteiger partial charge in [-0.1, -0.05) is 12.8 Å². The maximum atomic E-state index is 6.22. The first-order valence-corrected chi connectivity index (χ1v) is 6.86. The molecule has 16 heavy (non-hydrogen) atoms. The summed E-state index contributed by atoms with van der Waals surface area (Å²) in [5, 5.41) is 3.76. The van der Waals surface area contributed by atoms with E-state index >= 15 is 0 Å². The highest BCUT2D eigenvalue weighted by molar-refractivity contribution is 5.05. The molecule has 3 fully saturated rings. The summed E-state index contributed by atoms with van der Waals surface area (Å²) in [6.45, 7) is 4.27. The lowest BCUT2D eigenvalue weighted by Gasteiger charge is -2.45. The van der Waals surface area contributed by atoms with Gasteiger partial charge in [-0.2, -0.15) is 0 Å². The van der Waals surface area contributed by atoms with E-state index < -0.39 is 0 Å². The van der Waals surface area contributed by atoms with Crippen LogP contribution in [0.3, 0.4) is 0 Å². The fourth-order valence-electron chi connectivity index (χ4n) is 4.00. The van der Waals surface area contributed by atoms with Crippen LogP contribution in [-0.4, -0.2) is 49.8 Å². The Kier molecular flexibility index (Phi) is 2.94. The summed E-state index contributed by atoms with van der Waals surface area (Å²) in [4.78, 5) is 2.43. The SMILES string of the molecule is CN1CCC2(C1)OCCNC2C1CCCC1. The van der Waals surface area contributed by atoms with Crippen LogP contribution in [0.1, 0.15) is 32.1 Å². The molecule has 3 heteroatoms. The topological polar surface area (TPSA) is 24.5 Å². The standard InChI is InChI=1S/C13H24N2O/c1-15-8-6-13(10-15)12(14-7-9-16-13)11-4-2-3-5-11/h11-12,14H,2-10H2,1H3. The zero-order valence-corrected chi connectivity index (χ0v) is 10.4. The Morgan fingerprint density at radius 3 is 2.81 bits per heavy atom. The highest BCUT2D eigenvalue weighted by Gasteiger charge is 2.49. The lowest BCUT2D eigenvalue weighted by atomic mass is 9.81. The minimum absolute atomic E-state index is 0.141. The van der Waals surface area contributed by atoms with Crippen molar-refractivity contribution in [3.05, 3.63) is 0 Å². The maximum Gasteiger partial charge on any atom is 0.0976 e. The van der Waals surface area contributed by atoms with Crippen LogP contribution in [0.25, 0.3) is 0 Å². The molecule has 3 rings (SSSR count). The smallest absolute Gasteiger partial charge is 0.0976 e. The number of nitrogens with one attached hydrogen (secondary N) is 1. The summed E-state index contributed by atoms with van der Waals surface area (Å²) in [6, 6.07) is 0.619. The maximum absolute atomic E-state index is 6.22. The number of likely N-dealkylation sites (tertiary alicyclic amines) is 1. The van der Waals surface area contributed by atoms with Crippen LogP contribution >= 0.6 is 0 Å². The van der Waals surface area contributed by atoms with Crippen molar-refractivity contribution in [2.24, 2.45) is 5.92 Å². The Morgan fingerprint density at radius 2 is 2.12 bits per heavy atom. The third kappa shape index (κ3) is 1.79. The molecule has 2 atom stereocenters. The lowest BCUT2D eigenvalue weighted by molar-refractivity contribution is -0.101. The van der Waals surface area contributed by atoms with E-state index in [4.69, 9.17) is 4.74 Å². The molecule has 2 heterocycles. The Balaban J connectivity index is 1.77. The molecule has 2 saturated heterocycles. The van der Waals surface area contributed by atoms with Gasteiger partial charge in [0, 0.05) is 25.7 Å². The number of morpholine rings is 1. The fourth-order valence-corrected chi connectivity index (χ4v) is 4.00. The average Bonchev–Trinajstić information content (AvgIpc) is 2.90. The molecule has 0 aromatic carbocycles. The van der Waals surface area contributed by atoms with Gasteiger partial charge in [0.2, 0.25) is 0 Å². The summed E-state index contributed by atoms with van der Waals surface area (Å²) in [7, 11) is 2.22. The van der Waals surface area contributed by atoms with Gasteiger partial charge >= 0.3 is 0 Å². The van der Waals surface area contributed by atoms with Crippen LogP contribution in [-0.2, 0) is 4.74 Å². The molecule has 1 N–H and O–H groups in total. The summed E-state index contributed by atoms with van der Waals surface area (Å²) in [5.74, 6) is 0.867. The number of likely N-dealkylation sites (N-methyl/N-ethyl adjacent to an activating group) is 1. The van der Waals surface area contributed by atoms with Crippen molar-refractivity contribution in [1.82, 2.24) is 10.2 Å². The third-order valence-electron chi connectivity index (χ3n) is 4.75. The molecule has 0 bridgehead atoms. The largest absolute Gasteiger partial charge is 0.371 e. The van der Waals surface area contributed by atoms with Gasteiger partial charge in [0.1, 0.15) is 0 Å². The number of ether oxygens (including phenoxy) is 1. The first kappa shape index (κ1) is 11.0. The molecular weight excluding hydrogens is 200 g/mol. The van der Waals surface area contributed by atoms with Crippen LogP contribution in [0.4, 0.5) is 0 Å². The molecule has 2 unspecified atom stereocenters. The predicted molar refractivity (Wildman–Crippen MR) is 64.5 cm³/mol. The van der Waals surface area contributed by atoms with Crippen LogP contribution in [0.5, 0.6) is 0 Å². The van der Waals surface area contributed by atoms with Crippen LogP contribution in [0, 0.1) is 5.92 Å². The van der Waals surface area contributed by atoms with E-state index in [1.54, 1.807) is 0 Å². The lowest BCUT2D eigenvalue weighted by Crippen LogP contribution is -2.61. The van der Waals surface area contributed by atoms with Crippen molar-refractivity contribution in [3.8, 4) is 0 Å². The summed E-state index contributed by atoms with van der Waals surface area (Å²) in [6.07, 6.45) is 6.89. The minimum Gasteiger partial charge on any atom is -0.371 e. The van der Waals surface area contributed by atoms with Crippen molar-refractivity contribution < 1.29 is 4.74 Å². The Labute approximate surface area is 98.5 Å². The summed E-state index contributed by atoms with van der Waals surface area (Å²) in [5.41, 5.74) is 0.141.